The molecule has 1 aromatic rings. The number of hydrogen-bond donors (Lipinski definition) is 1. The predicted molar refractivity (Wildman–Crippen MR) is 81.6 cm³/mol. The summed E-state index contributed by atoms with van der Waals surface area (Å²) in [5.74, 6) is -0.609. The Hall–Kier alpha value is -1.63. The Kier molecular flexibility index (Phi) is 6.14. The average molecular weight is 316 g/mol. The number of hydrogen-bond acceptors (Lipinski definition) is 3. The van der Waals surface area contributed by atoms with Crippen LogP contribution in [0.4, 0.5) is 14.9 Å². The molecule has 0 saturated heterocycles. The number of nitrogens with zero attached hydrogens (tertiary/aromatic N) is 1. The van der Waals surface area contributed by atoms with E-state index in [0.717, 1.165) is 0 Å². The van der Waals surface area contributed by atoms with Gasteiger partial charge in [0.05, 0.1) is 11.4 Å². The summed E-state index contributed by atoms with van der Waals surface area (Å²) < 4.78 is 36.8. The summed E-state index contributed by atoms with van der Waals surface area (Å²) in [4.78, 5) is 13.5. The van der Waals surface area contributed by atoms with Crippen molar-refractivity contribution in [3.8, 4) is 0 Å². The van der Waals surface area contributed by atoms with Gasteiger partial charge in [-0.1, -0.05) is 19.1 Å². The van der Waals surface area contributed by atoms with Crippen molar-refractivity contribution < 1.29 is 17.6 Å². The quantitative estimate of drug-likeness (QED) is 0.877. The third kappa shape index (κ3) is 5.00. The van der Waals surface area contributed by atoms with Crippen molar-refractivity contribution in [2.75, 3.05) is 23.4 Å². The SMILES string of the molecule is CCN(C(=O)Nc1ccccc1F)[C@@H](C)CS(=O)(=O)CC. The maximum atomic E-state index is 13.5. The number of sulfone groups is 1. The molecule has 0 aromatic heterocycles. The van der Waals surface area contributed by atoms with Crippen LogP contribution in [0, 0.1) is 5.82 Å². The molecule has 1 rings (SSSR count). The normalized spacial score (nSPS) is 12.8. The van der Waals surface area contributed by atoms with E-state index in [0.29, 0.717) is 6.54 Å². The fourth-order valence-corrected chi connectivity index (χ4v) is 3.13. The van der Waals surface area contributed by atoms with Crippen molar-refractivity contribution in [2.24, 2.45) is 0 Å². The van der Waals surface area contributed by atoms with Crippen molar-refractivity contribution >= 4 is 21.6 Å². The second-order valence-electron chi connectivity index (χ2n) is 4.74. The Morgan fingerprint density at radius 2 is 1.95 bits per heavy atom. The second kappa shape index (κ2) is 7.40. The number of halogens is 1. The number of rotatable bonds is 6. The van der Waals surface area contributed by atoms with Crippen molar-refractivity contribution in [3.05, 3.63) is 30.1 Å². The van der Waals surface area contributed by atoms with Gasteiger partial charge >= 0.3 is 6.03 Å². The first-order valence-corrected chi connectivity index (χ1v) is 8.65. The number of nitrogens with one attached hydrogen (secondary N) is 1. The van der Waals surface area contributed by atoms with Crippen LogP contribution in [0.3, 0.4) is 0 Å². The maximum Gasteiger partial charge on any atom is 0.322 e. The molecular formula is C14H21FN2O3S. The van der Waals surface area contributed by atoms with Crippen LogP contribution in [0.25, 0.3) is 0 Å². The Labute approximate surface area is 125 Å². The summed E-state index contributed by atoms with van der Waals surface area (Å²) in [7, 11) is -3.18. The van der Waals surface area contributed by atoms with Gasteiger partial charge in [0.15, 0.2) is 9.84 Å². The molecule has 0 radical (unpaired) electrons. The van der Waals surface area contributed by atoms with Gasteiger partial charge in [0, 0.05) is 18.3 Å². The number of urea groups is 1. The highest BCUT2D eigenvalue weighted by Crippen LogP contribution is 2.14. The number of benzene rings is 1. The monoisotopic (exact) mass is 316 g/mol. The van der Waals surface area contributed by atoms with Crippen LogP contribution in [-0.4, -0.2) is 43.4 Å². The highest BCUT2D eigenvalue weighted by Gasteiger charge is 2.23. The summed E-state index contributed by atoms with van der Waals surface area (Å²) in [6.07, 6.45) is 0. The summed E-state index contributed by atoms with van der Waals surface area (Å²) >= 11 is 0. The van der Waals surface area contributed by atoms with Crippen LogP contribution in [0.1, 0.15) is 20.8 Å². The van der Waals surface area contributed by atoms with Gasteiger partial charge in [-0.3, -0.25) is 0 Å². The maximum absolute atomic E-state index is 13.5. The lowest BCUT2D eigenvalue weighted by atomic mass is 10.3. The van der Waals surface area contributed by atoms with Gasteiger partial charge in [0.25, 0.3) is 0 Å². The predicted octanol–water partition coefficient (Wildman–Crippen LogP) is 2.50. The molecule has 0 unspecified atom stereocenters. The lowest BCUT2D eigenvalue weighted by Crippen LogP contribution is -2.44. The fraction of sp³-hybridized carbons (Fsp3) is 0.500. The number of amides is 2. The number of carbonyl (C=O) groups is 1. The molecule has 5 nitrogen and oxygen atoms in total. The lowest BCUT2D eigenvalue weighted by Gasteiger charge is -2.28. The highest BCUT2D eigenvalue weighted by atomic mass is 32.2. The van der Waals surface area contributed by atoms with E-state index in [1.807, 2.05) is 0 Å². The van der Waals surface area contributed by atoms with E-state index < -0.39 is 27.7 Å². The first kappa shape index (κ1) is 17.4. The third-order valence-corrected chi connectivity index (χ3v) is 5.05. The summed E-state index contributed by atoms with van der Waals surface area (Å²) in [6.45, 7) is 5.31. The van der Waals surface area contributed by atoms with Gasteiger partial charge in [0.2, 0.25) is 0 Å². The van der Waals surface area contributed by atoms with E-state index in [1.165, 1.54) is 23.1 Å². The first-order chi connectivity index (χ1) is 9.80. The standard InChI is InChI=1S/C14H21FN2O3S/c1-4-17(11(3)10-21(19,20)5-2)14(18)16-13-9-7-6-8-12(13)15/h6-9,11H,4-5,10H2,1-3H3,(H,16,18)/t11-/m0/s1. The summed E-state index contributed by atoms with van der Waals surface area (Å²) in [5, 5.41) is 2.46. The zero-order chi connectivity index (χ0) is 16.0. The van der Waals surface area contributed by atoms with E-state index in [9.17, 15) is 17.6 Å². The zero-order valence-electron chi connectivity index (χ0n) is 12.5. The molecule has 0 saturated carbocycles. The Morgan fingerprint density at radius 1 is 1.33 bits per heavy atom. The van der Waals surface area contributed by atoms with Gasteiger partial charge < -0.3 is 10.2 Å². The van der Waals surface area contributed by atoms with Crippen LogP contribution in [0.5, 0.6) is 0 Å². The minimum absolute atomic E-state index is 0.0316. The summed E-state index contributed by atoms with van der Waals surface area (Å²) in [6, 6.07) is 4.85. The lowest BCUT2D eigenvalue weighted by molar-refractivity contribution is 0.201. The summed E-state index contributed by atoms with van der Waals surface area (Å²) in [5.41, 5.74) is 0.0755. The largest absolute Gasteiger partial charge is 0.322 e. The molecule has 118 valence electrons. The molecule has 1 atom stereocenters. The molecule has 0 aliphatic rings. The second-order valence-corrected chi connectivity index (χ2v) is 7.14. The smallest absolute Gasteiger partial charge is 0.321 e. The molecule has 1 aromatic carbocycles. The highest BCUT2D eigenvalue weighted by molar-refractivity contribution is 7.91. The van der Waals surface area contributed by atoms with Crippen LogP contribution < -0.4 is 5.32 Å². The molecule has 0 aliphatic heterocycles. The minimum Gasteiger partial charge on any atom is -0.321 e. The van der Waals surface area contributed by atoms with Crippen LogP contribution in [0.2, 0.25) is 0 Å². The molecule has 21 heavy (non-hydrogen) atoms. The Balaban J connectivity index is 2.80. The van der Waals surface area contributed by atoms with E-state index in [4.69, 9.17) is 0 Å². The topological polar surface area (TPSA) is 66.5 Å². The third-order valence-electron chi connectivity index (χ3n) is 3.18. The van der Waals surface area contributed by atoms with Gasteiger partial charge in [-0.05, 0) is 26.0 Å². The number of anilines is 1. The number of para-hydroxylation sites is 1. The van der Waals surface area contributed by atoms with Gasteiger partial charge in [-0.15, -0.1) is 0 Å². The average Bonchev–Trinajstić information content (AvgIpc) is 2.41. The van der Waals surface area contributed by atoms with E-state index in [1.54, 1.807) is 26.8 Å². The van der Waals surface area contributed by atoms with Crippen LogP contribution in [0.15, 0.2) is 24.3 Å². The van der Waals surface area contributed by atoms with E-state index >= 15 is 0 Å². The molecular weight excluding hydrogens is 295 g/mol. The van der Waals surface area contributed by atoms with Crippen LogP contribution >= 0.6 is 0 Å². The van der Waals surface area contributed by atoms with Crippen molar-refractivity contribution in [1.82, 2.24) is 4.90 Å². The molecule has 1 N–H and O–H groups in total. The Bertz CT molecular complexity index is 590. The van der Waals surface area contributed by atoms with E-state index in [-0.39, 0.29) is 17.2 Å². The zero-order valence-corrected chi connectivity index (χ0v) is 13.3. The van der Waals surface area contributed by atoms with Gasteiger partial charge in [-0.25, -0.2) is 17.6 Å². The molecule has 0 fully saturated rings. The molecule has 0 spiro atoms. The molecule has 0 heterocycles. The van der Waals surface area contributed by atoms with Crippen molar-refractivity contribution in [1.29, 1.82) is 0 Å². The van der Waals surface area contributed by atoms with Gasteiger partial charge in [-0.2, -0.15) is 0 Å². The first-order valence-electron chi connectivity index (χ1n) is 6.83. The van der Waals surface area contributed by atoms with Crippen molar-refractivity contribution in [3.63, 3.8) is 0 Å². The van der Waals surface area contributed by atoms with E-state index in [2.05, 4.69) is 5.32 Å². The molecule has 2 amide bonds. The van der Waals surface area contributed by atoms with Crippen molar-refractivity contribution in [2.45, 2.75) is 26.8 Å². The molecule has 7 heteroatoms. The minimum atomic E-state index is -3.18. The molecule has 0 aliphatic carbocycles. The fourth-order valence-electron chi connectivity index (χ4n) is 1.98. The van der Waals surface area contributed by atoms with Gasteiger partial charge in [0.1, 0.15) is 5.82 Å². The Morgan fingerprint density at radius 3 is 2.48 bits per heavy atom. The molecule has 0 bridgehead atoms. The number of carbonyl (C=O) groups excluding carboxylic acids is 1. The van der Waals surface area contributed by atoms with Crippen LogP contribution in [-0.2, 0) is 9.84 Å².